The Kier molecular flexibility index (Phi) is 11.0. The molecule has 0 bridgehead atoms. The number of pyridine rings is 1. The molecule has 1 saturated heterocycles. The minimum Gasteiger partial charge on any atom is -0.494 e. The van der Waals surface area contributed by atoms with E-state index >= 15 is 0 Å². The van der Waals surface area contributed by atoms with Gasteiger partial charge in [0.2, 0.25) is 17.7 Å². The lowest BCUT2D eigenvalue weighted by Crippen LogP contribution is -2.50. The molecule has 0 saturated carbocycles. The third kappa shape index (κ3) is 9.24. The number of carbonyl (C=O) groups is 4. The molecule has 4 rings (SSSR count). The summed E-state index contributed by atoms with van der Waals surface area (Å²) in [7, 11) is 0. The second-order valence-corrected chi connectivity index (χ2v) is 10.9. The highest BCUT2D eigenvalue weighted by molar-refractivity contribution is 5.94. The number of carbonyl (C=O) groups excluding carboxylic acids is 3. The van der Waals surface area contributed by atoms with Gasteiger partial charge in [0.15, 0.2) is 0 Å². The Bertz CT molecular complexity index is 1440. The van der Waals surface area contributed by atoms with Gasteiger partial charge in [0.05, 0.1) is 18.5 Å². The molecule has 0 aliphatic carbocycles. The first-order valence-corrected chi connectivity index (χ1v) is 14.5. The summed E-state index contributed by atoms with van der Waals surface area (Å²) in [5.74, 6) is -1.78. The monoisotopic (exact) mass is 589 g/mol. The molecule has 2 heterocycles. The fraction of sp³-hybridized carbons (Fsp3) is 0.406. The number of hydrogen-bond acceptors (Lipinski definition) is 7. The Hall–Kier alpha value is -4.51. The number of rotatable bonds is 13. The molecule has 3 aromatic rings. The fourth-order valence-electron chi connectivity index (χ4n) is 5.17. The van der Waals surface area contributed by atoms with Crippen molar-refractivity contribution in [3.8, 4) is 5.75 Å². The van der Waals surface area contributed by atoms with Gasteiger partial charge in [0.25, 0.3) is 0 Å². The lowest BCUT2D eigenvalue weighted by Gasteiger charge is -2.23. The van der Waals surface area contributed by atoms with Gasteiger partial charge >= 0.3 is 5.97 Å². The summed E-state index contributed by atoms with van der Waals surface area (Å²) in [6, 6.07) is 12.0. The molecule has 11 nitrogen and oxygen atoms in total. The third-order valence-corrected chi connectivity index (χ3v) is 7.55. The maximum absolute atomic E-state index is 13.6. The lowest BCUT2D eigenvalue weighted by molar-refractivity contribution is -0.140. The van der Waals surface area contributed by atoms with Gasteiger partial charge in [-0.2, -0.15) is 0 Å². The minimum atomic E-state index is -1.35. The average Bonchev–Trinajstić information content (AvgIpc) is 2.99. The largest absolute Gasteiger partial charge is 0.494 e. The van der Waals surface area contributed by atoms with Crippen molar-refractivity contribution in [2.24, 2.45) is 5.92 Å². The number of hydrogen-bond donors (Lipinski definition) is 5. The predicted octanol–water partition coefficient (Wildman–Crippen LogP) is 2.76. The molecule has 3 atom stereocenters. The number of aliphatic carboxylic acids is 1. The summed E-state index contributed by atoms with van der Waals surface area (Å²) in [6.07, 6.45) is 4.38. The van der Waals surface area contributed by atoms with E-state index in [4.69, 9.17) is 4.74 Å². The molecule has 0 radical (unpaired) electrons. The third-order valence-electron chi connectivity index (χ3n) is 7.55. The van der Waals surface area contributed by atoms with E-state index in [0.717, 1.165) is 41.8 Å². The van der Waals surface area contributed by atoms with Crippen LogP contribution >= 0.6 is 0 Å². The first-order valence-electron chi connectivity index (χ1n) is 14.5. The Balaban J connectivity index is 1.49. The van der Waals surface area contributed by atoms with Crippen molar-refractivity contribution in [1.29, 1.82) is 0 Å². The minimum absolute atomic E-state index is 0.181. The number of ether oxygens (including phenoxy) is 1. The fourth-order valence-corrected chi connectivity index (χ4v) is 5.17. The van der Waals surface area contributed by atoms with Crippen LogP contribution in [0.15, 0.2) is 54.7 Å². The zero-order valence-corrected chi connectivity index (χ0v) is 24.5. The first kappa shape index (κ1) is 31.4. The van der Waals surface area contributed by atoms with Crippen LogP contribution in [-0.2, 0) is 25.7 Å². The predicted molar refractivity (Wildman–Crippen MR) is 161 cm³/mol. The average molecular weight is 590 g/mol. The van der Waals surface area contributed by atoms with Gasteiger partial charge in [-0.3, -0.25) is 24.2 Å². The number of aryl methyl sites for hydroxylation is 1. The van der Waals surface area contributed by atoms with Crippen molar-refractivity contribution in [3.05, 3.63) is 71.4 Å². The quantitative estimate of drug-likeness (QED) is 0.204. The van der Waals surface area contributed by atoms with E-state index in [0.29, 0.717) is 23.6 Å². The zero-order valence-electron chi connectivity index (χ0n) is 24.5. The van der Waals surface area contributed by atoms with Gasteiger partial charge in [-0.25, -0.2) is 0 Å². The molecular formula is C32H39N5O6. The summed E-state index contributed by atoms with van der Waals surface area (Å²) >= 11 is 0. The number of piperidine rings is 1. The number of benzene rings is 2. The maximum atomic E-state index is 13.6. The summed E-state index contributed by atoms with van der Waals surface area (Å²) in [5, 5.41) is 21.4. The molecule has 3 amide bonds. The molecule has 43 heavy (non-hydrogen) atoms. The molecule has 5 N–H and O–H groups in total. The van der Waals surface area contributed by atoms with Gasteiger partial charge in [-0.1, -0.05) is 18.2 Å². The van der Waals surface area contributed by atoms with Crippen molar-refractivity contribution in [2.45, 2.75) is 58.2 Å². The highest BCUT2D eigenvalue weighted by Crippen LogP contribution is 2.22. The van der Waals surface area contributed by atoms with Crippen LogP contribution in [0.25, 0.3) is 10.9 Å². The van der Waals surface area contributed by atoms with Crippen molar-refractivity contribution in [2.75, 3.05) is 19.7 Å². The van der Waals surface area contributed by atoms with Crippen LogP contribution in [0.2, 0.25) is 0 Å². The Morgan fingerprint density at radius 2 is 1.93 bits per heavy atom. The summed E-state index contributed by atoms with van der Waals surface area (Å²) < 4.78 is 6.03. The second-order valence-electron chi connectivity index (χ2n) is 10.9. The Morgan fingerprint density at radius 3 is 2.67 bits per heavy atom. The molecular weight excluding hydrogens is 550 g/mol. The molecule has 1 aliphatic heterocycles. The number of aromatic nitrogens is 1. The first-order chi connectivity index (χ1) is 20.7. The van der Waals surface area contributed by atoms with Crippen molar-refractivity contribution >= 4 is 34.6 Å². The number of fused-ring (bicyclic) bond motifs is 1. The van der Waals surface area contributed by atoms with E-state index in [1.807, 2.05) is 31.2 Å². The van der Waals surface area contributed by atoms with Gasteiger partial charge in [-0.15, -0.1) is 0 Å². The standard InChI is InChI=1S/C32H39N5O6/c1-20-7-9-26(43-14-11-22-5-3-12-33-18-22)16-25(20)19-35-32(42)30(24-8-10-27-23(15-24)6-4-13-34-27)37-31(41)28(17-29(39)40)36-21(2)38/h4,6-10,13,15-16,22,28,30,33H,3,5,11-12,14,17-19H2,1-2H3,(H,35,42)(H,36,38)(H,37,41)(H,39,40)/t22?,28-,30?/m0/s1. The van der Waals surface area contributed by atoms with Gasteiger partial charge in [-0.05, 0) is 92.2 Å². The summed E-state index contributed by atoms with van der Waals surface area (Å²) in [5.41, 5.74) is 3.02. The van der Waals surface area contributed by atoms with Crippen LogP contribution in [0, 0.1) is 12.8 Å². The molecule has 1 aliphatic rings. The summed E-state index contributed by atoms with van der Waals surface area (Å²) in [6.45, 7) is 6.01. The van der Waals surface area contributed by atoms with E-state index in [1.54, 1.807) is 30.5 Å². The molecule has 2 unspecified atom stereocenters. The maximum Gasteiger partial charge on any atom is 0.305 e. The zero-order chi connectivity index (χ0) is 30.8. The van der Waals surface area contributed by atoms with Crippen LogP contribution < -0.4 is 26.0 Å². The van der Waals surface area contributed by atoms with Crippen LogP contribution in [0.3, 0.4) is 0 Å². The number of nitrogens with zero attached hydrogens (tertiary/aromatic N) is 1. The number of nitrogens with one attached hydrogen (secondary N) is 4. The van der Waals surface area contributed by atoms with E-state index in [2.05, 4.69) is 26.3 Å². The van der Waals surface area contributed by atoms with Crippen LogP contribution in [0.4, 0.5) is 0 Å². The van der Waals surface area contributed by atoms with Gasteiger partial charge in [0.1, 0.15) is 17.8 Å². The lowest BCUT2D eigenvalue weighted by atomic mass is 9.97. The highest BCUT2D eigenvalue weighted by atomic mass is 16.5. The molecule has 228 valence electrons. The number of carboxylic acid groups (broad SMARTS) is 1. The van der Waals surface area contributed by atoms with Gasteiger partial charge < -0.3 is 31.1 Å². The van der Waals surface area contributed by atoms with Crippen LogP contribution in [0.5, 0.6) is 5.75 Å². The highest BCUT2D eigenvalue weighted by Gasteiger charge is 2.29. The molecule has 1 fully saturated rings. The van der Waals surface area contributed by atoms with Crippen LogP contribution in [-0.4, -0.2) is 59.5 Å². The van der Waals surface area contributed by atoms with E-state index < -0.39 is 42.2 Å². The second kappa shape index (κ2) is 15.1. The normalized spacial score (nSPS) is 16.1. The Labute approximate surface area is 250 Å². The Morgan fingerprint density at radius 1 is 1.09 bits per heavy atom. The smallest absolute Gasteiger partial charge is 0.305 e. The molecule has 11 heteroatoms. The van der Waals surface area contributed by atoms with E-state index in [9.17, 15) is 24.3 Å². The van der Waals surface area contributed by atoms with Crippen molar-refractivity contribution < 1.29 is 29.0 Å². The summed E-state index contributed by atoms with van der Waals surface area (Å²) in [4.78, 5) is 54.1. The molecule has 2 aromatic carbocycles. The van der Waals surface area contributed by atoms with Crippen molar-refractivity contribution in [3.63, 3.8) is 0 Å². The number of carboxylic acids is 1. The molecule has 1 aromatic heterocycles. The van der Waals surface area contributed by atoms with E-state index in [1.165, 1.54) is 19.8 Å². The van der Waals surface area contributed by atoms with E-state index in [-0.39, 0.29) is 6.54 Å². The van der Waals surface area contributed by atoms with Crippen molar-refractivity contribution in [1.82, 2.24) is 26.3 Å². The van der Waals surface area contributed by atoms with Gasteiger partial charge in [0, 0.05) is 25.1 Å². The van der Waals surface area contributed by atoms with Crippen LogP contribution in [0.1, 0.15) is 55.3 Å². The SMILES string of the molecule is CC(=O)N[C@@H](CC(=O)O)C(=O)NC(C(=O)NCc1cc(OCCC2CCCNC2)ccc1C)c1ccc2ncccc2c1. The number of amides is 3. The molecule has 0 spiro atoms. The topological polar surface area (TPSA) is 159 Å².